The third kappa shape index (κ3) is 1.60. The molecule has 1 unspecified atom stereocenters. The fourth-order valence-corrected chi connectivity index (χ4v) is 2.09. The number of benzene rings is 1. The van der Waals surface area contributed by atoms with E-state index < -0.39 is 0 Å². The van der Waals surface area contributed by atoms with Crippen LogP contribution < -0.4 is 11.1 Å². The molecule has 2 rings (SSSR count). The second-order valence-electron chi connectivity index (χ2n) is 3.99. The summed E-state index contributed by atoms with van der Waals surface area (Å²) < 4.78 is 13.5. The third-order valence-corrected chi connectivity index (χ3v) is 2.66. The SMILES string of the molecule is C[C@@H](N)CC1CNc2cccc(F)c21. The van der Waals surface area contributed by atoms with Gasteiger partial charge in [-0.15, -0.1) is 0 Å². The van der Waals surface area contributed by atoms with Crippen LogP contribution in [0.3, 0.4) is 0 Å². The summed E-state index contributed by atoms with van der Waals surface area (Å²) in [6.45, 7) is 2.76. The second kappa shape index (κ2) is 3.58. The molecule has 0 bridgehead atoms. The Morgan fingerprint density at radius 1 is 1.64 bits per heavy atom. The van der Waals surface area contributed by atoms with Crippen LogP contribution in [0, 0.1) is 5.82 Å². The molecule has 0 radical (unpaired) electrons. The Morgan fingerprint density at radius 2 is 2.43 bits per heavy atom. The van der Waals surface area contributed by atoms with Gasteiger partial charge >= 0.3 is 0 Å². The molecule has 0 aliphatic carbocycles. The smallest absolute Gasteiger partial charge is 0.128 e. The maximum absolute atomic E-state index is 13.5. The van der Waals surface area contributed by atoms with Crippen molar-refractivity contribution in [3.05, 3.63) is 29.6 Å². The highest BCUT2D eigenvalue weighted by Crippen LogP contribution is 2.35. The van der Waals surface area contributed by atoms with Crippen molar-refractivity contribution in [1.82, 2.24) is 0 Å². The van der Waals surface area contributed by atoms with Gasteiger partial charge in [-0.1, -0.05) is 6.07 Å². The zero-order chi connectivity index (χ0) is 10.1. The van der Waals surface area contributed by atoms with Crippen molar-refractivity contribution < 1.29 is 4.39 Å². The molecule has 0 saturated carbocycles. The topological polar surface area (TPSA) is 38.0 Å². The average Bonchev–Trinajstić information content (AvgIpc) is 2.49. The molecule has 1 aromatic carbocycles. The van der Waals surface area contributed by atoms with E-state index in [1.54, 1.807) is 6.07 Å². The van der Waals surface area contributed by atoms with Crippen molar-refractivity contribution >= 4 is 5.69 Å². The number of hydrogen-bond donors (Lipinski definition) is 2. The molecule has 1 aliphatic rings. The van der Waals surface area contributed by atoms with Crippen LogP contribution >= 0.6 is 0 Å². The standard InChI is InChI=1S/C11H15FN2/c1-7(13)5-8-6-14-10-4-2-3-9(12)11(8)10/h2-4,7-8,14H,5-6,13H2,1H3/t7-,8?/m1/s1. The van der Waals surface area contributed by atoms with Crippen molar-refractivity contribution in [1.29, 1.82) is 0 Å². The van der Waals surface area contributed by atoms with Gasteiger partial charge in [0.15, 0.2) is 0 Å². The number of halogens is 1. The minimum Gasteiger partial charge on any atom is -0.384 e. The molecule has 0 aromatic heterocycles. The first kappa shape index (κ1) is 9.46. The summed E-state index contributed by atoms with van der Waals surface area (Å²) in [6.07, 6.45) is 0.834. The van der Waals surface area contributed by atoms with E-state index in [1.165, 1.54) is 6.07 Å². The molecule has 0 fully saturated rings. The minimum absolute atomic E-state index is 0.113. The van der Waals surface area contributed by atoms with Gasteiger partial charge in [-0.05, 0) is 25.5 Å². The van der Waals surface area contributed by atoms with Crippen LogP contribution in [-0.4, -0.2) is 12.6 Å². The normalized spacial score (nSPS) is 21.5. The molecule has 14 heavy (non-hydrogen) atoms. The number of nitrogens with one attached hydrogen (secondary N) is 1. The Labute approximate surface area is 83.3 Å². The fourth-order valence-electron chi connectivity index (χ4n) is 2.09. The van der Waals surface area contributed by atoms with Gasteiger partial charge in [-0.2, -0.15) is 0 Å². The van der Waals surface area contributed by atoms with Crippen molar-refractivity contribution in [2.24, 2.45) is 5.73 Å². The van der Waals surface area contributed by atoms with E-state index in [9.17, 15) is 4.39 Å². The van der Waals surface area contributed by atoms with E-state index in [2.05, 4.69) is 5.32 Å². The highest BCUT2D eigenvalue weighted by molar-refractivity contribution is 5.58. The van der Waals surface area contributed by atoms with E-state index in [4.69, 9.17) is 5.73 Å². The Kier molecular flexibility index (Phi) is 2.42. The summed E-state index contributed by atoms with van der Waals surface area (Å²) >= 11 is 0. The molecular formula is C11H15FN2. The van der Waals surface area contributed by atoms with E-state index >= 15 is 0 Å². The van der Waals surface area contributed by atoms with Gasteiger partial charge in [0, 0.05) is 29.8 Å². The van der Waals surface area contributed by atoms with E-state index in [1.807, 2.05) is 13.0 Å². The monoisotopic (exact) mass is 194 g/mol. The van der Waals surface area contributed by atoms with Crippen LogP contribution in [0.25, 0.3) is 0 Å². The third-order valence-electron chi connectivity index (χ3n) is 2.66. The van der Waals surface area contributed by atoms with Crippen molar-refractivity contribution in [3.8, 4) is 0 Å². The number of nitrogens with two attached hydrogens (primary N) is 1. The maximum atomic E-state index is 13.5. The maximum Gasteiger partial charge on any atom is 0.128 e. The molecule has 1 aliphatic heterocycles. The van der Waals surface area contributed by atoms with Crippen LogP contribution in [0.5, 0.6) is 0 Å². The molecular weight excluding hydrogens is 179 g/mol. The highest BCUT2D eigenvalue weighted by atomic mass is 19.1. The van der Waals surface area contributed by atoms with E-state index in [0.717, 1.165) is 24.2 Å². The first-order chi connectivity index (χ1) is 6.68. The lowest BCUT2D eigenvalue weighted by Crippen LogP contribution is -2.19. The summed E-state index contributed by atoms with van der Waals surface area (Å²) in [5, 5.41) is 3.20. The number of fused-ring (bicyclic) bond motifs is 1. The Hall–Kier alpha value is -1.09. The Bertz CT molecular complexity index is 336. The van der Waals surface area contributed by atoms with Gasteiger partial charge in [0.1, 0.15) is 5.82 Å². The lowest BCUT2D eigenvalue weighted by atomic mass is 9.94. The summed E-state index contributed by atoms with van der Waals surface area (Å²) in [5.41, 5.74) is 7.47. The molecule has 76 valence electrons. The van der Waals surface area contributed by atoms with Crippen LogP contribution in [0.1, 0.15) is 24.8 Å². The number of hydrogen-bond acceptors (Lipinski definition) is 2. The molecule has 1 aromatic rings. The molecule has 2 atom stereocenters. The van der Waals surface area contributed by atoms with Crippen molar-refractivity contribution in [3.63, 3.8) is 0 Å². The summed E-state index contributed by atoms with van der Waals surface area (Å²) in [4.78, 5) is 0. The van der Waals surface area contributed by atoms with Gasteiger partial charge in [-0.25, -0.2) is 4.39 Å². The van der Waals surface area contributed by atoms with Crippen LogP contribution in [-0.2, 0) is 0 Å². The van der Waals surface area contributed by atoms with Gasteiger partial charge in [0.25, 0.3) is 0 Å². The highest BCUT2D eigenvalue weighted by Gasteiger charge is 2.25. The molecule has 0 spiro atoms. The first-order valence-corrected chi connectivity index (χ1v) is 4.96. The van der Waals surface area contributed by atoms with Crippen LogP contribution in [0.2, 0.25) is 0 Å². The van der Waals surface area contributed by atoms with Gasteiger partial charge in [-0.3, -0.25) is 0 Å². The lowest BCUT2D eigenvalue weighted by Gasteiger charge is -2.13. The minimum atomic E-state index is -0.113. The Balaban J connectivity index is 2.29. The molecule has 1 heterocycles. The van der Waals surface area contributed by atoms with E-state index in [0.29, 0.717) is 0 Å². The molecule has 3 N–H and O–H groups in total. The zero-order valence-electron chi connectivity index (χ0n) is 8.26. The molecule has 0 amide bonds. The summed E-state index contributed by atoms with van der Waals surface area (Å²) in [6, 6.07) is 5.28. The zero-order valence-corrected chi connectivity index (χ0v) is 8.26. The molecule has 3 heteroatoms. The molecule has 2 nitrogen and oxygen atoms in total. The average molecular weight is 194 g/mol. The molecule has 0 saturated heterocycles. The van der Waals surface area contributed by atoms with Gasteiger partial charge in [0.2, 0.25) is 0 Å². The van der Waals surface area contributed by atoms with Crippen molar-refractivity contribution in [2.75, 3.05) is 11.9 Å². The van der Waals surface area contributed by atoms with Crippen molar-refractivity contribution in [2.45, 2.75) is 25.3 Å². The van der Waals surface area contributed by atoms with Gasteiger partial charge in [0.05, 0.1) is 0 Å². The first-order valence-electron chi connectivity index (χ1n) is 4.96. The Morgan fingerprint density at radius 3 is 3.14 bits per heavy atom. The second-order valence-corrected chi connectivity index (χ2v) is 3.99. The lowest BCUT2D eigenvalue weighted by molar-refractivity contribution is 0.546. The number of rotatable bonds is 2. The predicted molar refractivity (Wildman–Crippen MR) is 55.9 cm³/mol. The summed E-state index contributed by atoms with van der Waals surface area (Å²) in [5.74, 6) is 0.115. The van der Waals surface area contributed by atoms with Gasteiger partial charge < -0.3 is 11.1 Å². The predicted octanol–water partition coefficient (Wildman–Crippen LogP) is 2.07. The number of anilines is 1. The van der Waals surface area contributed by atoms with E-state index in [-0.39, 0.29) is 17.8 Å². The largest absolute Gasteiger partial charge is 0.384 e. The van der Waals surface area contributed by atoms with Crippen LogP contribution in [0.4, 0.5) is 10.1 Å². The summed E-state index contributed by atoms with van der Waals surface area (Å²) in [7, 11) is 0. The van der Waals surface area contributed by atoms with Crippen LogP contribution in [0.15, 0.2) is 18.2 Å². The fraction of sp³-hybridized carbons (Fsp3) is 0.455. The quantitative estimate of drug-likeness (QED) is 0.756.